The number of benzene rings is 1. The first-order valence-corrected chi connectivity index (χ1v) is 8.27. The summed E-state index contributed by atoms with van der Waals surface area (Å²) in [5, 5.41) is 3.60. The predicted octanol–water partition coefficient (Wildman–Crippen LogP) is 3.39. The SMILES string of the molecule is CC(=O)N(CCNC(=O)C1CCCCC1)c1ccc(Cl)cc1. The molecule has 0 aromatic heterocycles. The number of hydrogen-bond donors (Lipinski definition) is 1. The summed E-state index contributed by atoms with van der Waals surface area (Å²) in [5.41, 5.74) is 0.795. The van der Waals surface area contributed by atoms with E-state index in [2.05, 4.69) is 5.32 Å². The molecule has 5 heteroatoms. The quantitative estimate of drug-likeness (QED) is 0.903. The van der Waals surface area contributed by atoms with Crippen LogP contribution < -0.4 is 10.2 Å². The number of hydrogen-bond acceptors (Lipinski definition) is 2. The Morgan fingerprint density at radius 3 is 2.41 bits per heavy atom. The first kappa shape index (κ1) is 16.8. The Hall–Kier alpha value is -1.55. The van der Waals surface area contributed by atoms with E-state index in [-0.39, 0.29) is 17.7 Å². The Morgan fingerprint density at radius 1 is 1.18 bits per heavy atom. The van der Waals surface area contributed by atoms with Gasteiger partial charge in [-0.3, -0.25) is 9.59 Å². The summed E-state index contributed by atoms with van der Waals surface area (Å²) in [6, 6.07) is 7.14. The molecular formula is C17H23ClN2O2. The average molecular weight is 323 g/mol. The zero-order valence-electron chi connectivity index (χ0n) is 13.0. The van der Waals surface area contributed by atoms with Crippen LogP contribution in [0.1, 0.15) is 39.0 Å². The van der Waals surface area contributed by atoms with Gasteiger partial charge in [0.1, 0.15) is 0 Å². The van der Waals surface area contributed by atoms with Gasteiger partial charge in [0.15, 0.2) is 0 Å². The fourth-order valence-electron chi connectivity index (χ4n) is 2.89. The zero-order chi connectivity index (χ0) is 15.9. The lowest BCUT2D eigenvalue weighted by atomic mass is 9.89. The smallest absolute Gasteiger partial charge is 0.223 e. The third kappa shape index (κ3) is 4.73. The molecular weight excluding hydrogens is 300 g/mol. The van der Waals surface area contributed by atoms with Crippen molar-refractivity contribution in [1.29, 1.82) is 0 Å². The van der Waals surface area contributed by atoms with Gasteiger partial charge in [-0.05, 0) is 37.1 Å². The van der Waals surface area contributed by atoms with Crippen molar-refractivity contribution in [3.05, 3.63) is 29.3 Å². The van der Waals surface area contributed by atoms with Gasteiger partial charge in [-0.15, -0.1) is 0 Å². The molecule has 0 heterocycles. The largest absolute Gasteiger partial charge is 0.354 e. The average Bonchev–Trinajstić information content (AvgIpc) is 2.53. The highest BCUT2D eigenvalue weighted by Gasteiger charge is 2.21. The molecule has 1 aliphatic rings. The number of carbonyl (C=O) groups is 2. The topological polar surface area (TPSA) is 49.4 Å². The molecule has 0 aliphatic heterocycles. The summed E-state index contributed by atoms with van der Waals surface area (Å²) in [6.07, 6.45) is 5.49. The van der Waals surface area contributed by atoms with Crippen LogP contribution in [0.25, 0.3) is 0 Å². The summed E-state index contributed by atoms with van der Waals surface area (Å²) >= 11 is 5.87. The third-order valence-electron chi connectivity index (χ3n) is 4.13. The normalized spacial score (nSPS) is 15.4. The molecule has 1 aliphatic carbocycles. The van der Waals surface area contributed by atoms with E-state index in [0.717, 1.165) is 31.4 Å². The fraction of sp³-hybridized carbons (Fsp3) is 0.529. The second kappa shape index (κ2) is 8.18. The number of carbonyl (C=O) groups excluding carboxylic acids is 2. The van der Waals surface area contributed by atoms with Crippen LogP contribution in [-0.2, 0) is 9.59 Å². The molecule has 0 radical (unpaired) electrons. The van der Waals surface area contributed by atoms with Gasteiger partial charge < -0.3 is 10.2 Å². The first-order valence-electron chi connectivity index (χ1n) is 7.89. The zero-order valence-corrected chi connectivity index (χ0v) is 13.7. The van der Waals surface area contributed by atoms with Gasteiger partial charge in [0, 0.05) is 36.6 Å². The van der Waals surface area contributed by atoms with Gasteiger partial charge in [0.25, 0.3) is 0 Å². The summed E-state index contributed by atoms with van der Waals surface area (Å²) in [7, 11) is 0. The van der Waals surface area contributed by atoms with Crippen molar-refractivity contribution in [1.82, 2.24) is 5.32 Å². The molecule has 1 N–H and O–H groups in total. The second-order valence-corrected chi connectivity index (χ2v) is 6.21. The number of halogens is 1. The highest BCUT2D eigenvalue weighted by Crippen LogP contribution is 2.23. The van der Waals surface area contributed by atoms with E-state index < -0.39 is 0 Å². The van der Waals surface area contributed by atoms with Gasteiger partial charge in [0.05, 0.1) is 0 Å². The van der Waals surface area contributed by atoms with E-state index >= 15 is 0 Å². The molecule has 0 unspecified atom stereocenters. The fourth-order valence-corrected chi connectivity index (χ4v) is 3.02. The summed E-state index contributed by atoms with van der Waals surface area (Å²) in [5.74, 6) is 0.226. The van der Waals surface area contributed by atoms with Gasteiger partial charge >= 0.3 is 0 Å². The molecule has 120 valence electrons. The molecule has 22 heavy (non-hydrogen) atoms. The van der Waals surface area contributed by atoms with Crippen LogP contribution in [0.3, 0.4) is 0 Å². The molecule has 4 nitrogen and oxygen atoms in total. The van der Waals surface area contributed by atoms with Crippen LogP contribution in [-0.4, -0.2) is 24.9 Å². The number of amides is 2. The Balaban J connectivity index is 1.85. The highest BCUT2D eigenvalue weighted by atomic mass is 35.5. The van der Waals surface area contributed by atoms with E-state index in [4.69, 9.17) is 11.6 Å². The first-order chi connectivity index (χ1) is 10.6. The van der Waals surface area contributed by atoms with Crippen LogP contribution >= 0.6 is 11.6 Å². The summed E-state index contributed by atoms with van der Waals surface area (Å²) in [6.45, 7) is 2.46. The lowest BCUT2D eigenvalue weighted by Gasteiger charge is -2.24. The van der Waals surface area contributed by atoms with Crippen molar-refractivity contribution in [3.63, 3.8) is 0 Å². The molecule has 0 saturated heterocycles. The van der Waals surface area contributed by atoms with Crippen LogP contribution in [0.2, 0.25) is 5.02 Å². The third-order valence-corrected chi connectivity index (χ3v) is 4.38. The Labute approximate surface area is 136 Å². The van der Waals surface area contributed by atoms with E-state index in [1.165, 1.54) is 13.3 Å². The van der Waals surface area contributed by atoms with Crippen LogP contribution in [0, 0.1) is 5.92 Å². The van der Waals surface area contributed by atoms with Crippen LogP contribution in [0.5, 0.6) is 0 Å². The maximum Gasteiger partial charge on any atom is 0.223 e. The van der Waals surface area contributed by atoms with Crippen molar-refractivity contribution in [2.24, 2.45) is 5.92 Å². The maximum absolute atomic E-state index is 12.1. The summed E-state index contributed by atoms with van der Waals surface area (Å²) < 4.78 is 0. The Kier molecular flexibility index (Phi) is 6.25. The maximum atomic E-state index is 12.1. The van der Waals surface area contributed by atoms with Crippen molar-refractivity contribution in [2.45, 2.75) is 39.0 Å². The van der Waals surface area contributed by atoms with Crippen molar-refractivity contribution >= 4 is 29.1 Å². The van der Waals surface area contributed by atoms with Crippen molar-refractivity contribution < 1.29 is 9.59 Å². The Bertz CT molecular complexity index is 510. The van der Waals surface area contributed by atoms with E-state index in [9.17, 15) is 9.59 Å². The lowest BCUT2D eigenvalue weighted by Crippen LogP contribution is -2.40. The number of nitrogens with one attached hydrogen (secondary N) is 1. The van der Waals surface area contributed by atoms with Crippen LogP contribution in [0.4, 0.5) is 5.69 Å². The van der Waals surface area contributed by atoms with Gasteiger partial charge in [-0.25, -0.2) is 0 Å². The minimum absolute atomic E-state index is 0.0470. The number of anilines is 1. The standard InChI is InChI=1S/C17H23ClN2O2/c1-13(21)20(16-9-7-15(18)8-10-16)12-11-19-17(22)14-5-3-2-4-6-14/h7-10,14H,2-6,11-12H2,1H3,(H,19,22). The van der Waals surface area contributed by atoms with Gasteiger partial charge in [0.2, 0.25) is 11.8 Å². The van der Waals surface area contributed by atoms with Crippen LogP contribution in [0.15, 0.2) is 24.3 Å². The van der Waals surface area contributed by atoms with Gasteiger partial charge in [-0.1, -0.05) is 30.9 Å². The molecule has 2 rings (SSSR count). The predicted molar refractivity (Wildman–Crippen MR) is 89.1 cm³/mol. The van der Waals surface area contributed by atoms with E-state index in [1.807, 2.05) is 12.1 Å². The van der Waals surface area contributed by atoms with E-state index in [1.54, 1.807) is 17.0 Å². The second-order valence-electron chi connectivity index (χ2n) is 5.77. The van der Waals surface area contributed by atoms with Gasteiger partial charge in [-0.2, -0.15) is 0 Å². The summed E-state index contributed by atoms with van der Waals surface area (Å²) in [4.78, 5) is 25.5. The lowest BCUT2D eigenvalue weighted by molar-refractivity contribution is -0.126. The molecule has 1 aromatic carbocycles. The van der Waals surface area contributed by atoms with Crippen molar-refractivity contribution in [3.8, 4) is 0 Å². The number of rotatable bonds is 5. The number of nitrogens with zero attached hydrogens (tertiary/aromatic N) is 1. The molecule has 1 fully saturated rings. The highest BCUT2D eigenvalue weighted by molar-refractivity contribution is 6.30. The minimum atomic E-state index is -0.0470. The Morgan fingerprint density at radius 2 is 1.82 bits per heavy atom. The molecule has 0 atom stereocenters. The monoisotopic (exact) mass is 322 g/mol. The molecule has 1 saturated carbocycles. The van der Waals surface area contributed by atoms with Crippen molar-refractivity contribution in [2.75, 3.05) is 18.0 Å². The molecule has 0 bridgehead atoms. The molecule has 1 aromatic rings. The minimum Gasteiger partial charge on any atom is -0.354 e. The molecule has 2 amide bonds. The van der Waals surface area contributed by atoms with E-state index in [0.29, 0.717) is 18.1 Å². The molecule has 0 spiro atoms.